The standard InChI is InChI=1S/C15H23NO3S2/c1-11-8-15(20-14(11)10-17)21(18,19)16-7-6-12-4-2-3-5-13(12)9-16/h8,12-13,17H,2-7,9-10H2,1H3. The molecule has 6 heteroatoms. The minimum absolute atomic E-state index is 0.0866. The number of nitrogens with zero attached hydrogens (tertiary/aromatic N) is 1. The lowest BCUT2D eigenvalue weighted by atomic mass is 9.76. The van der Waals surface area contributed by atoms with Crippen LogP contribution in [0.3, 0.4) is 0 Å². The van der Waals surface area contributed by atoms with Gasteiger partial charge < -0.3 is 5.11 Å². The summed E-state index contributed by atoms with van der Waals surface area (Å²) in [4.78, 5) is 0.751. The number of aliphatic hydroxyl groups is 1. The number of piperidine rings is 1. The molecule has 0 aromatic carbocycles. The van der Waals surface area contributed by atoms with E-state index in [1.165, 1.54) is 37.0 Å². The Hall–Kier alpha value is -0.430. The highest BCUT2D eigenvalue weighted by Gasteiger charge is 2.37. The molecule has 3 rings (SSSR count). The van der Waals surface area contributed by atoms with Gasteiger partial charge in [-0.15, -0.1) is 11.3 Å². The number of rotatable bonds is 3. The number of hydrogen-bond donors (Lipinski definition) is 1. The number of sulfonamides is 1. The molecule has 2 atom stereocenters. The quantitative estimate of drug-likeness (QED) is 0.927. The summed E-state index contributed by atoms with van der Waals surface area (Å²) < 4.78 is 27.7. The Morgan fingerprint density at radius 3 is 2.67 bits per heavy atom. The van der Waals surface area contributed by atoms with E-state index >= 15 is 0 Å². The van der Waals surface area contributed by atoms with Crippen LogP contribution in [0.25, 0.3) is 0 Å². The van der Waals surface area contributed by atoms with Crippen LogP contribution in [-0.4, -0.2) is 30.9 Å². The molecule has 1 aliphatic carbocycles. The summed E-state index contributed by atoms with van der Waals surface area (Å²) >= 11 is 1.21. The molecule has 0 radical (unpaired) electrons. The van der Waals surface area contributed by atoms with E-state index < -0.39 is 10.0 Å². The molecule has 2 aliphatic rings. The Morgan fingerprint density at radius 1 is 1.29 bits per heavy atom. The summed E-state index contributed by atoms with van der Waals surface area (Å²) in [6.07, 6.45) is 5.98. The topological polar surface area (TPSA) is 57.6 Å². The molecule has 1 aliphatic heterocycles. The summed E-state index contributed by atoms with van der Waals surface area (Å²) in [6, 6.07) is 1.71. The molecule has 0 spiro atoms. The van der Waals surface area contributed by atoms with Crippen LogP contribution < -0.4 is 0 Å². The number of thiophene rings is 1. The van der Waals surface area contributed by atoms with E-state index in [0.29, 0.717) is 23.2 Å². The van der Waals surface area contributed by atoms with Crippen molar-refractivity contribution >= 4 is 21.4 Å². The summed E-state index contributed by atoms with van der Waals surface area (Å²) in [5.74, 6) is 1.27. The Balaban J connectivity index is 1.81. The average Bonchev–Trinajstić information content (AvgIpc) is 2.88. The third-order valence-corrected chi connectivity index (χ3v) is 8.53. The lowest BCUT2D eigenvalue weighted by Crippen LogP contribution is -2.44. The molecule has 1 aromatic heterocycles. The highest BCUT2D eigenvalue weighted by molar-refractivity contribution is 7.91. The minimum Gasteiger partial charge on any atom is -0.391 e. The van der Waals surface area contributed by atoms with Crippen molar-refractivity contribution in [2.24, 2.45) is 11.8 Å². The van der Waals surface area contributed by atoms with Gasteiger partial charge in [0, 0.05) is 18.0 Å². The molecule has 21 heavy (non-hydrogen) atoms. The van der Waals surface area contributed by atoms with Gasteiger partial charge in [-0.2, -0.15) is 4.31 Å². The highest BCUT2D eigenvalue weighted by atomic mass is 32.2. The summed E-state index contributed by atoms with van der Waals surface area (Å²) in [6.45, 7) is 3.10. The van der Waals surface area contributed by atoms with Crippen molar-refractivity contribution in [1.82, 2.24) is 4.31 Å². The molecule has 1 saturated heterocycles. The molecule has 2 heterocycles. The van der Waals surface area contributed by atoms with Gasteiger partial charge in [-0.05, 0) is 43.2 Å². The third-order valence-electron chi connectivity index (χ3n) is 4.99. The van der Waals surface area contributed by atoms with Gasteiger partial charge in [0.25, 0.3) is 10.0 Å². The van der Waals surface area contributed by atoms with Crippen LogP contribution in [0.15, 0.2) is 10.3 Å². The first-order chi connectivity index (χ1) is 10.0. The van der Waals surface area contributed by atoms with Crippen LogP contribution in [0.5, 0.6) is 0 Å². The molecule has 1 aromatic rings. The van der Waals surface area contributed by atoms with Gasteiger partial charge in [-0.1, -0.05) is 19.3 Å². The second-order valence-electron chi connectivity index (χ2n) is 6.29. The van der Waals surface area contributed by atoms with Gasteiger partial charge in [-0.3, -0.25) is 0 Å². The SMILES string of the molecule is Cc1cc(S(=O)(=O)N2CCC3CCCCC3C2)sc1CO. The first-order valence-corrected chi connectivity index (χ1v) is 9.98. The van der Waals surface area contributed by atoms with Crippen molar-refractivity contribution < 1.29 is 13.5 Å². The first-order valence-electron chi connectivity index (χ1n) is 7.72. The summed E-state index contributed by atoms with van der Waals surface area (Å²) in [7, 11) is -3.38. The van der Waals surface area contributed by atoms with Crippen molar-refractivity contribution in [3.05, 3.63) is 16.5 Å². The maximum absolute atomic E-state index is 12.8. The second kappa shape index (κ2) is 5.99. The zero-order valence-corrected chi connectivity index (χ0v) is 14.0. The maximum Gasteiger partial charge on any atom is 0.252 e. The Kier molecular flexibility index (Phi) is 4.41. The predicted octanol–water partition coefficient (Wildman–Crippen LogP) is 2.75. The normalized spacial score (nSPS) is 27.5. The van der Waals surface area contributed by atoms with Crippen molar-refractivity contribution in [2.75, 3.05) is 13.1 Å². The van der Waals surface area contributed by atoms with Gasteiger partial charge in [0.1, 0.15) is 4.21 Å². The Morgan fingerprint density at radius 2 is 2.00 bits per heavy atom. The van der Waals surface area contributed by atoms with Crippen LogP contribution in [0, 0.1) is 18.8 Å². The van der Waals surface area contributed by atoms with E-state index in [0.717, 1.165) is 22.8 Å². The average molecular weight is 329 g/mol. The molecular weight excluding hydrogens is 306 g/mol. The van der Waals surface area contributed by atoms with Crippen molar-refractivity contribution in [2.45, 2.75) is 49.8 Å². The minimum atomic E-state index is -3.38. The van der Waals surface area contributed by atoms with E-state index in [2.05, 4.69) is 0 Å². The summed E-state index contributed by atoms with van der Waals surface area (Å²) in [5, 5.41) is 9.26. The van der Waals surface area contributed by atoms with Crippen molar-refractivity contribution in [1.29, 1.82) is 0 Å². The zero-order chi connectivity index (χ0) is 15.0. The smallest absolute Gasteiger partial charge is 0.252 e. The molecule has 4 nitrogen and oxygen atoms in total. The molecule has 1 saturated carbocycles. The fraction of sp³-hybridized carbons (Fsp3) is 0.733. The van der Waals surface area contributed by atoms with Crippen LogP contribution in [0.4, 0.5) is 0 Å². The lowest BCUT2D eigenvalue weighted by Gasteiger charge is -2.40. The molecule has 2 unspecified atom stereocenters. The van der Waals surface area contributed by atoms with Crippen LogP contribution in [0.2, 0.25) is 0 Å². The number of hydrogen-bond acceptors (Lipinski definition) is 4. The number of fused-ring (bicyclic) bond motifs is 1. The molecule has 0 amide bonds. The molecule has 118 valence electrons. The third kappa shape index (κ3) is 2.91. The summed E-state index contributed by atoms with van der Waals surface area (Å²) in [5.41, 5.74) is 0.869. The fourth-order valence-electron chi connectivity index (χ4n) is 3.69. The van der Waals surface area contributed by atoms with Crippen LogP contribution in [-0.2, 0) is 16.6 Å². The number of aliphatic hydroxyl groups excluding tert-OH is 1. The highest BCUT2D eigenvalue weighted by Crippen LogP contribution is 2.38. The predicted molar refractivity (Wildman–Crippen MR) is 83.8 cm³/mol. The van der Waals surface area contributed by atoms with E-state index in [-0.39, 0.29) is 6.61 Å². The molecule has 0 bridgehead atoms. The van der Waals surface area contributed by atoms with Crippen molar-refractivity contribution in [3.63, 3.8) is 0 Å². The van der Waals surface area contributed by atoms with E-state index in [4.69, 9.17) is 0 Å². The molecule has 2 fully saturated rings. The lowest BCUT2D eigenvalue weighted by molar-refractivity contribution is 0.136. The van der Waals surface area contributed by atoms with E-state index in [1.807, 2.05) is 6.92 Å². The Bertz CT molecular complexity index is 608. The van der Waals surface area contributed by atoms with Crippen LogP contribution in [0.1, 0.15) is 42.5 Å². The zero-order valence-electron chi connectivity index (χ0n) is 12.4. The Labute approximate surface area is 130 Å². The van der Waals surface area contributed by atoms with E-state index in [9.17, 15) is 13.5 Å². The molecule has 1 N–H and O–H groups in total. The first kappa shape index (κ1) is 15.5. The van der Waals surface area contributed by atoms with Crippen molar-refractivity contribution in [3.8, 4) is 0 Å². The van der Waals surface area contributed by atoms with Gasteiger partial charge in [0.15, 0.2) is 0 Å². The monoisotopic (exact) mass is 329 g/mol. The van der Waals surface area contributed by atoms with Crippen LogP contribution >= 0.6 is 11.3 Å². The largest absolute Gasteiger partial charge is 0.391 e. The number of aryl methyl sites for hydroxylation is 1. The van der Waals surface area contributed by atoms with E-state index in [1.54, 1.807) is 10.4 Å². The van der Waals surface area contributed by atoms with Gasteiger partial charge in [0.05, 0.1) is 6.61 Å². The molecular formula is C15H23NO3S2. The second-order valence-corrected chi connectivity index (χ2v) is 9.59. The van der Waals surface area contributed by atoms with Gasteiger partial charge in [-0.25, -0.2) is 8.42 Å². The van der Waals surface area contributed by atoms with Gasteiger partial charge in [0.2, 0.25) is 0 Å². The fourth-order valence-corrected chi connectivity index (χ4v) is 6.80. The van der Waals surface area contributed by atoms with Gasteiger partial charge >= 0.3 is 0 Å². The maximum atomic E-state index is 12.8.